The minimum absolute atomic E-state index is 0.280. The lowest BCUT2D eigenvalue weighted by molar-refractivity contribution is 0.216. The Bertz CT molecular complexity index is 404. The zero-order chi connectivity index (χ0) is 13.3. The van der Waals surface area contributed by atoms with Crippen molar-refractivity contribution in [1.29, 1.82) is 0 Å². The van der Waals surface area contributed by atoms with Crippen LogP contribution in [0.5, 0.6) is 0 Å². The SMILES string of the molecule is CC1CCC(NC(C)c2cc(Cl)sc2Cl)C(C)C1. The van der Waals surface area contributed by atoms with Crippen molar-refractivity contribution in [3.63, 3.8) is 0 Å². The number of rotatable bonds is 3. The molecular formula is C14H21Cl2NS. The maximum absolute atomic E-state index is 6.21. The van der Waals surface area contributed by atoms with Gasteiger partial charge in [0.2, 0.25) is 0 Å². The van der Waals surface area contributed by atoms with E-state index < -0.39 is 0 Å². The Morgan fingerprint density at radius 2 is 2.06 bits per heavy atom. The minimum atomic E-state index is 0.280. The second kappa shape index (κ2) is 6.13. The van der Waals surface area contributed by atoms with Crippen molar-refractivity contribution in [3.05, 3.63) is 20.3 Å². The summed E-state index contributed by atoms with van der Waals surface area (Å²) in [6, 6.07) is 2.87. The molecule has 0 bridgehead atoms. The number of thiophene rings is 1. The van der Waals surface area contributed by atoms with Crippen molar-refractivity contribution in [2.75, 3.05) is 0 Å². The second-order valence-electron chi connectivity index (χ2n) is 5.67. The molecule has 2 rings (SSSR count). The Hall–Kier alpha value is 0.240. The molecule has 0 aromatic carbocycles. The Labute approximate surface area is 124 Å². The van der Waals surface area contributed by atoms with Gasteiger partial charge in [-0.25, -0.2) is 0 Å². The first kappa shape index (κ1) is 14.6. The van der Waals surface area contributed by atoms with E-state index in [9.17, 15) is 0 Å². The predicted octanol–water partition coefficient (Wildman–Crippen LogP) is 5.53. The molecular weight excluding hydrogens is 285 g/mol. The monoisotopic (exact) mass is 305 g/mol. The van der Waals surface area contributed by atoms with Crippen molar-refractivity contribution in [3.8, 4) is 0 Å². The normalized spacial score (nSPS) is 30.4. The molecule has 1 saturated carbocycles. The predicted molar refractivity (Wildman–Crippen MR) is 81.9 cm³/mol. The summed E-state index contributed by atoms with van der Waals surface area (Å²) < 4.78 is 1.59. The van der Waals surface area contributed by atoms with Crippen molar-refractivity contribution in [1.82, 2.24) is 5.32 Å². The first-order valence-corrected chi connectivity index (χ1v) is 8.25. The zero-order valence-electron chi connectivity index (χ0n) is 11.2. The quantitative estimate of drug-likeness (QED) is 0.774. The molecule has 0 saturated heterocycles. The number of hydrogen-bond acceptors (Lipinski definition) is 2. The molecule has 1 N–H and O–H groups in total. The fourth-order valence-electron chi connectivity index (χ4n) is 2.97. The molecule has 1 aliphatic carbocycles. The van der Waals surface area contributed by atoms with Crippen molar-refractivity contribution in [2.45, 2.75) is 52.1 Å². The van der Waals surface area contributed by atoms with Gasteiger partial charge < -0.3 is 5.32 Å². The molecule has 102 valence electrons. The van der Waals surface area contributed by atoms with Gasteiger partial charge in [-0.2, -0.15) is 0 Å². The first-order chi connectivity index (χ1) is 8.47. The summed E-state index contributed by atoms with van der Waals surface area (Å²) in [7, 11) is 0. The second-order valence-corrected chi connectivity index (χ2v) is 7.96. The maximum atomic E-state index is 6.21. The summed E-state index contributed by atoms with van der Waals surface area (Å²) in [6.45, 7) is 6.88. The van der Waals surface area contributed by atoms with E-state index in [1.807, 2.05) is 6.07 Å². The van der Waals surface area contributed by atoms with Crippen LogP contribution in [0.2, 0.25) is 8.67 Å². The summed E-state index contributed by atoms with van der Waals surface area (Å²) in [5.74, 6) is 1.61. The van der Waals surface area contributed by atoms with Gasteiger partial charge in [0.15, 0.2) is 0 Å². The molecule has 1 aromatic heterocycles. The Morgan fingerprint density at radius 3 is 2.61 bits per heavy atom. The molecule has 0 spiro atoms. The third-order valence-electron chi connectivity index (χ3n) is 4.05. The molecule has 1 aromatic rings. The first-order valence-electron chi connectivity index (χ1n) is 6.68. The number of nitrogens with one attached hydrogen (secondary N) is 1. The molecule has 1 aliphatic rings. The third kappa shape index (κ3) is 3.41. The van der Waals surface area contributed by atoms with Crippen LogP contribution >= 0.6 is 34.5 Å². The third-order valence-corrected chi connectivity index (χ3v) is 5.56. The fraction of sp³-hybridized carbons (Fsp3) is 0.714. The minimum Gasteiger partial charge on any atom is -0.307 e. The van der Waals surface area contributed by atoms with Crippen LogP contribution in [0.25, 0.3) is 0 Å². The van der Waals surface area contributed by atoms with Crippen LogP contribution in [0, 0.1) is 11.8 Å². The van der Waals surface area contributed by atoms with Crippen molar-refractivity contribution < 1.29 is 0 Å². The summed E-state index contributed by atoms with van der Waals surface area (Å²) in [6.07, 6.45) is 3.91. The standard InChI is InChI=1S/C14H21Cl2NS/c1-8-4-5-12(9(2)6-8)17-10(3)11-7-13(15)18-14(11)16/h7-10,12,17H,4-6H2,1-3H3. The molecule has 0 aliphatic heterocycles. The average Bonchev–Trinajstić information content (AvgIpc) is 2.62. The van der Waals surface area contributed by atoms with Crippen LogP contribution in [0.15, 0.2) is 6.07 Å². The van der Waals surface area contributed by atoms with Gasteiger partial charge in [-0.3, -0.25) is 0 Å². The topological polar surface area (TPSA) is 12.0 Å². The van der Waals surface area contributed by atoms with E-state index in [4.69, 9.17) is 23.2 Å². The van der Waals surface area contributed by atoms with Gasteiger partial charge >= 0.3 is 0 Å². The highest BCUT2D eigenvalue weighted by Crippen LogP contribution is 2.36. The smallest absolute Gasteiger partial charge is 0.0991 e. The number of hydrogen-bond donors (Lipinski definition) is 1. The van der Waals surface area contributed by atoms with E-state index >= 15 is 0 Å². The van der Waals surface area contributed by atoms with E-state index in [1.165, 1.54) is 30.6 Å². The van der Waals surface area contributed by atoms with Crippen LogP contribution in [0.3, 0.4) is 0 Å². The lowest BCUT2D eigenvalue weighted by Gasteiger charge is -2.35. The molecule has 0 amide bonds. The molecule has 18 heavy (non-hydrogen) atoms. The number of halogens is 2. The molecule has 1 nitrogen and oxygen atoms in total. The van der Waals surface area contributed by atoms with Crippen LogP contribution in [0.4, 0.5) is 0 Å². The van der Waals surface area contributed by atoms with Crippen LogP contribution in [0.1, 0.15) is 51.6 Å². The lowest BCUT2D eigenvalue weighted by atomic mass is 9.79. The van der Waals surface area contributed by atoms with E-state index in [1.54, 1.807) is 0 Å². The van der Waals surface area contributed by atoms with Gasteiger partial charge in [-0.15, -0.1) is 11.3 Å². The maximum Gasteiger partial charge on any atom is 0.0991 e. The Balaban J connectivity index is 1.99. The van der Waals surface area contributed by atoms with Crippen LogP contribution in [-0.2, 0) is 0 Å². The van der Waals surface area contributed by atoms with Crippen molar-refractivity contribution >= 4 is 34.5 Å². The highest BCUT2D eigenvalue weighted by atomic mass is 35.5. The Morgan fingerprint density at radius 1 is 1.33 bits per heavy atom. The average molecular weight is 306 g/mol. The molecule has 1 heterocycles. The van der Waals surface area contributed by atoms with Crippen LogP contribution < -0.4 is 5.32 Å². The van der Waals surface area contributed by atoms with Gasteiger partial charge in [0.25, 0.3) is 0 Å². The zero-order valence-corrected chi connectivity index (χ0v) is 13.5. The Kier molecular flexibility index (Phi) is 4.99. The largest absolute Gasteiger partial charge is 0.307 e. The van der Waals surface area contributed by atoms with Crippen LogP contribution in [-0.4, -0.2) is 6.04 Å². The summed E-state index contributed by atoms with van der Waals surface area (Å²) in [5, 5.41) is 3.72. The van der Waals surface area contributed by atoms with Gasteiger partial charge in [0.05, 0.1) is 8.67 Å². The van der Waals surface area contributed by atoms with Gasteiger partial charge in [0, 0.05) is 12.1 Å². The van der Waals surface area contributed by atoms with E-state index in [0.29, 0.717) is 6.04 Å². The molecule has 0 radical (unpaired) electrons. The molecule has 4 heteroatoms. The highest BCUT2D eigenvalue weighted by molar-refractivity contribution is 7.20. The van der Waals surface area contributed by atoms with Gasteiger partial charge in [-0.1, -0.05) is 37.0 Å². The summed E-state index contributed by atoms with van der Waals surface area (Å²) in [4.78, 5) is 0. The van der Waals surface area contributed by atoms with E-state index in [0.717, 1.165) is 26.1 Å². The van der Waals surface area contributed by atoms with E-state index in [2.05, 4.69) is 26.1 Å². The van der Waals surface area contributed by atoms with Gasteiger partial charge in [-0.05, 0) is 49.7 Å². The summed E-state index contributed by atoms with van der Waals surface area (Å²) in [5.41, 5.74) is 1.14. The molecule has 1 fully saturated rings. The highest BCUT2D eigenvalue weighted by Gasteiger charge is 2.27. The lowest BCUT2D eigenvalue weighted by Crippen LogP contribution is -2.40. The summed E-state index contributed by atoms with van der Waals surface area (Å²) >= 11 is 13.7. The van der Waals surface area contributed by atoms with Crippen molar-refractivity contribution in [2.24, 2.45) is 11.8 Å². The van der Waals surface area contributed by atoms with Gasteiger partial charge in [0.1, 0.15) is 0 Å². The molecule has 4 unspecified atom stereocenters. The van der Waals surface area contributed by atoms with E-state index in [-0.39, 0.29) is 6.04 Å². The molecule has 4 atom stereocenters. The fourth-order valence-corrected chi connectivity index (χ4v) is 4.62.